The maximum Gasteiger partial charge on any atom is 0.178 e. The van der Waals surface area contributed by atoms with Crippen molar-refractivity contribution in [1.82, 2.24) is 0 Å². The first-order valence-corrected chi connectivity index (χ1v) is 5.09. The summed E-state index contributed by atoms with van der Waals surface area (Å²) in [6.07, 6.45) is 5.00. The number of benzene rings is 1. The zero-order valence-corrected chi connectivity index (χ0v) is 8.19. The van der Waals surface area contributed by atoms with E-state index in [1.54, 1.807) is 12.1 Å². The molecule has 0 aliphatic heterocycles. The Labute approximate surface area is 87.6 Å². The standard InChI is InChI=1S/C13H10O2/c14-11-9-5-1-2-6-10(9)12(15)13(11)7-3-4-8-13/h1-6H,7-8H2. The van der Waals surface area contributed by atoms with Gasteiger partial charge in [0, 0.05) is 11.1 Å². The van der Waals surface area contributed by atoms with Gasteiger partial charge in [-0.05, 0) is 12.8 Å². The van der Waals surface area contributed by atoms with Crippen LogP contribution in [0.15, 0.2) is 36.4 Å². The molecule has 0 heterocycles. The number of carbonyl (C=O) groups is 2. The molecule has 2 aliphatic rings. The number of hydrogen-bond acceptors (Lipinski definition) is 2. The summed E-state index contributed by atoms with van der Waals surface area (Å²) in [5.74, 6) is 0.0150. The van der Waals surface area contributed by atoms with Crippen molar-refractivity contribution in [3.8, 4) is 0 Å². The Morgan fingerprint density at radius 3 is 1.80 bits per heavy atom. The van der Waals surface area contributed by atoms with Gasteiger partial charge in [0.15, 0.2) is 11.6 Å². The van der Waals surface area contributed by atoms with Gasteiger partial charge < -0.3 is 0 Å². The lowest BCUT2D eigenvalue weighted by atomic mass is 9.80. The van der Waals surface area contributed by atoms with Crippen LogP contribution in [0.1, 0.15) is 33.6 Å². The van der Waals surface area contributed by atoms with Gasteiger partial charge in [-0.25, -0.2) is 0 Å². The van der Waals surface area contributed by atoms with Gasteiger partial charge in [0.05, 0.1) is 0 Å². The van der Waals surface area contributed by atoms with E-state index in [-0.39, 0.29) is 11.6 Å². The lowest BCUT2D eigenvalue weighted by molar-refractivity contribution is 0.0714. The van der Waals surface area contributed by atoms with E-state index in [0.29, 0.717) is 24.0 Å². The predicted octanol–water partition coefficient (Wildman–Crippen LogP) is 2.40. The molecule has 0 radical (unpaired) electrons. The number of carbonyl (C=O) groups excluding carboxylic acids is 2. The molecule has 1 spiro atoms. The summed E-state index contributed by atoms with van der Waals surface area (Å²) in [5, 5.41) is 0. The van der Waals surface area contributed by atoms with Crippen LogP contribution in [0.2, 0.25) is 0 Å². The first kappa shape index (κ1) is 8.60. The molecule has 74 valence electrons. The first-order chi connectivity index (χ1) is 7.26. The molecule has 0 unspecified atom stereocenters. The molecule has 0 saturated carbocycles. The monoisotopic (exact) mass is 198 g/mol. The predicted molar refractivity (Wildman–Crippen MR) is 55.9 cm³/mol. The number of hydrogen-bond donors (Lipinski definition) is 0. The van der Waals surface area contributed by atoms with Gasteiger partial charge in [-0.1, -0.05) is 36.4 Å². The fourth-order valence-electron chi connectivity index (χ4n) is 2.52. The normalized spacial score (nSPS) is 21.3. The Hall–Kier alpha value is -1.70. The van der Waals surface area contributed by atoms with E-state index in [0.717, 1.165) is 0 Å². The molecule has 2 aliphatic carbocycles. The summed E-state index contributed by atoms with van der Waals surface area (Å²) in [4.78, 5) is 24.3. The molecule has 1 aromatic rings. The Bertz CT molecular complexity index is 452. The molecular formula is C13H10O2. The third-order valence-electron chi connectivity index (χ3n) is 3.38. The molecule has 0 fully saturated rings. The van der Waals surface area contributed by atoms with E-state index >= 15 is 0 Å². The number of allylic oxidation sites excluding steroid dienone is 2. The summed E-state index contributed by atoms with van der Waals surface area (Å²) in [7, 11) is 0. The van der Waals surface area contributed by atoms with Crippen molar-refractivity contribution in [3.63, 3.8) is 0 Å². The second-order valence-corrected chi connectivity index (χ2v) is 4.17. The number of fused-ring (bicyclic) bond motifs is 1. The summed E-state index contributed by atoms with van der Waals surface area (Å²) >= 11 is 0. The van der Waals surface area contributed by atoms with Crippen LogP contribution in [-0.4, -0.2) is 11.6 Å². The highest BCUT2D eigenvalue weighted by Crippen LogP contribution is 2.45. The van der Waals surface area contributed by atoms with Crippen molar-refractivity contribution < 1.29 is 9.59 Å². The average Bonchev–Trinajstić information content (AvgIpc) is 2.83. The number of rotatable bonds is 0. The first-order valence-electron chi connectivity index (χ1n) is 5.09. The van der Waals surface area contributed by atoms with Crippen LogP contribution in [0, 0.1) is 5.41 Å². The SMILES string of the molecule is O=C1c2ccccc2C(=O)C12CC=CC2. The minimum Gasteiger partial charge on any atom is -0.293 e. The zero-order chi connectivity index (χ0) is 10.5. The number of ketones is 2. The molecule has 0 aromatic heterocycles. The minimum absolute atomic E-state index is 0.00750. The van der Waals surface area contributed by atoms with Gasteiger partial charge in [0.2, 0.25) is 0 Å². The maximum absolute atomic E-state index is 12.2. The summed E-state index contributed by atoms with van der Waals surface area (Å²) in [5.41, 5.74) is 0.432. The minimum atomic E-state index is -0.774. The molecule has 1 aromatic carbocycles. The molecule has 3 rings (SSSR count). The molecular weight excluding hydrogens is 188 g/mol. The van der Waals surface area contributed by atoms with Crippen molar-refractivity contribution >= 4 is 11.6 Å². The van der Waals surface area contributed by atoms with Crippen LogP contribution in [0.3, 0.4) is 0 Å². The van der Waals surface area contributed by atoms with Gasteiger partial charge >= 0.3 is 0 Å². The van der Waals surface area contributed by atoms with Crippen molar-refractivity contribution in [2.45, 2.75) is 12.8 Å². The summed E-state index contributed by atoms with van der Waals surface area (Å²) in [6.45, 7) is 0. The highest BCUT2D eigenvalue weighted by atomic mass is 16.2. The molecule has 0 amide bonds. The lowest BCUT2D eigenvalue weighted by Gasteiger charge is -2.17. The van der Waals surface area contributed by atoms with Crippen molar-refractivity contribution in [1.29, 1.82) is 0 Å². The highest BCUT2D eigenvalue weighted by Gasteiger charge is 2.52. The van der Waals surface area contributed by atoms with Crippen LogP contribution in [0.4, 0.5) is 0 Å². The smallest absolute Gasteiger partial charge is 0.178 e. The van der Waals surface area contributed by atoms with Crippen LogP contribution in [0.5, 0.6) is 0 Å². The van der Waals surface area contributed by atoms with Crippen molar-refractivity contribution in [3.05, 3.63) is 47.5 Å². The second kappa shape index (κ2) is 2.66. The van der Waals surface area contributed by atoms with Crippen molar-refractivity contribution in [2.75, 3.05) is 0 Å². The largest absolute Gasteiger partial charge is 0.293 e. The van der Waals surface area contributed by atoms with Gasteiger partial charge in [-0.2, -0.15) is 0 Å². The van der Waals surface area contributed by atoms with Crippen LogP contribution >= 0.6 is 0 Å². The van der Waals surface area contributed by atoms with Crippen LogP contribution < -0.4 is 0 Å². The Morgan fingerprint density at radius 1 is 0.867 bits per heavy atom. The number of Topliss-reactive ketones (excluding diaryl/α,β-unsaturated/α-hetero) is 2. The van der Waals surface area contributed by atoms with Crippen molar-refractivity contribution in [2.24, 2.45) is 5.41 Å². The van der Waals surface area contributed by atoms with E-state index in [1.165, 1.54) is 0 Å². The van der Waals surface area contributed by atoms with Crippen LogP contribution in [-0.2, 0) is 0 Å². The third-order valence-corrected chi connectivity index (χ3v) is 3.38. The third kappa shape index (κ3) is 0.890. The van der Waals surface area contributed by atoms with Gasteiger partial charge in [-0.15, -0.1) is 0 Å². The highest BCUT2D eigenvalue weighted by molar-refractivity contribution is 6.29. The Balaban J connectivity index is 2.21. The zero-order valence-electron chi connectivity index (χ0n) is 8.19. The quantitative estimate of drug-likeness (QED) is 0.474. The van der Waals surface area contributed by atoms with E-state index < -0.39 is 5.41 Å². The van der Waals surface area contributed by atoms with Gasteiger partial charge in [-0.3, -0.25) is 9.59 Å². The van der Waals surface area contributed by atoms with Crippen LogP contribution in [0.25, 0.3) is 0 Å². The fraction of sp³-hybridized carbons (Fsp3) is 0.231. The Morgan fingerprint density at radius 2 is 1.33 bits per heavy atom. The molecule has 0 N–H and O–H groups in total. The topological polar surface area (TPSA) is 34.1 Å². The summed E-state index contributed by atoms with van der Waals surface area (Å²) < 4.78 is 0. The molecule has 2 nitrogen and oxygen atoms in total. The molecule has 0 bridgehead atoms. The van der Waals surface area contributed by atoms with Gasteiger partial charge in [0.25, 0.3) is 0 Å². The van der Waals surface area contributed by atoms with E-state index in [2.05, 4.69) is 0 Å². The van der Waals surface area contributed by atoms with Gasteiger partial charge in [0.1, 0.15) is 5.41 Å². The second-order valence-electron chi connectivity index (χ2n) is 4.17. The molecule has 15 heavy (non-hydrogen) atoms. The Kier molecular flexibility index (Phi) is 1.52. The summed E-state index contributed by atoms with van der Waals surface area (Å²) in [6, 6.07) is 7.13. The maximum atomic E-state index is 12.2. The molecule has 0 atom stereocenters. The van der Waals surface area contributed by atoms with E-state index in [9.17, 15) is 9.59 Å². The van der Waals surface area contributed by atoms with E-state index in [4.69, 9.17) is 0 Å². The lowest BCUT2D eigenvalue weighted by Crippen LogP contribution is -2.30. The molecule has 0 saturated heterocycles. The average molecular weight is 198 g/mol. The molecule has 2 heteroatoms. The fourth-order valence-corrected chi connectivity index (χ4v) is 2.52. The van der Waals surface area contributed by atoms with E-state index in [1.807, 2.05) is 24.3 Å².